The van der Waals surface area contributed by atoms with E-state index in [9.17, 15) is 4.39 Å². The summed E-state index contributed by atoms with van der Waals surface area (Å²) in [4.78, 5) is 0. The zero-order chi connectivity index (χ0) is 11.3. The SMILES string of the molecule is CC1CCc2cc(F)cc3c(C#N)cn1c23. The number of hydrogen-bond acceptors (Lipinski definition) is 1. The second kappa shape index (κ2) is 3.08. The average Bonchev–Trinajstić information content (AvgIpc) is 2.63. The predicted molar refractivity (Wildman–Crippen MR) is 59.6 cm³/mol. The molecule has 0 saturated carbocycles. The molecule has 3 heteroatoms. The smallest absolute Gasteiger partial charge is 0.124 e. The van der Waals surface area contributed by atoms with Crippen molar-refractivity contribution < 1.29 is 4.39 Å². The number of nitriles is 1. The molecule has 0 saturated heterocycles. The van der Waals surface area contributed by atoms with Crippen LogP contribution in [0.5, 0.6) is 0 Å². The normalized spacial score (nSPS) is 18.7. The lowest BCUT2D eigenvalue weighted by Gasteiger charge is -2.22. The van der Waals surface area contributed by atoms with Gasteiger partial charge in [0.05, 0.1) is 11.1 Å². The molecule has 0 N–H and O–H groups in total. The molecule has 0 spiro atoms. The van der Waals surface area contributed by atoms with Crippen molar-refractivity contribution in [1.29, 1.82) is 5.26 Å². The molecule has 2 aromatic rings. The van der Waals surface area contributed by atoms with Crippen LogP contribution < -0.4 is 0 Å². The summed E-state index contributed by atoms with van der Waals surface area (Å²) >= 11 is 0. The fourth-order valence-corrected chi connectivity index (χ4v) is 2.57. The van der Waals surface area contributed by atoms with Gasteiger partial charge in [-0.1, -0.05) is 0 Å². The molecule has 1 unspecified atom stereocenters. The summed E-state index contributed by atoms with van der Waals surface area (Å²) in [5.74, 6) is -0.244. The molecule has 1 aliphatic heterocycles. The number of nitrogens with zero attached hydrogens (tertiary/aromatic N) is 2. The van der Waals surface area contributed by atoms with E-state index in [-0.39, 0.29) is 5.82 Å². The first-order valence-corrected chi connectivity index (χ1v) is 5.44. The van der Waals surface area contributed by atoms with Crippen molar-refractivity contribution in [2.75, 3.05) is 0 Å². The minimum absolute atomic E-state index is 0.244. The molecular formula is C13H11FN2. The predicted octanol–water partition coefficient (Wildman–Crippen LogP) is 3.16. The summed E-state index contributed by atoms with van der Waals surface area (Å²) in [6, 6.07) is 5.58. The number of aryl methyl sites for hydroxylation is 1. The Morgan fingerprint density at radius 3 is 3.06 bits per heavy atom. The van der Waals surface area contributed by atoms with E-state index in [0.717, 1.165) is 29.3 Å². The van der Waals surface area contributed by atoms with Gasteiger partial charge in [0, 0.05) is 17.6 Å². The van der Waals surface area contributed by atoms with Crippen molar-refractivity contribution in [3.05, 3.63) is 35.3 Å². The van der Waals surface area contributed by atoms with Gasteiger partial charge >= 0.3 is 0 Å². The van der Waals surface area contributed by atoms with E-state index in [0.29, 0.717) is 11.6 Å². The summed E-state index contributed by atoms with van der Waals surface area (Å²) in [6.45, 7) is 2.13. The molecule has 0 bridgehead atoms. The highest BCUT2D eigenvalue weighted by atomic mass is 19.1. The molecule has 2 heterocycles. The molecule has 0 fully saturated rings. The molecule has 1 atom stereocenters. The highest BCUT2D eigenvalue weighted by Gasteiger charge is 2.21. The lowest BCUT2D eigenvalue weighted by molar-refractivity contribution is 0.501. The first-order chi connectivity index (χ1) is 7.70. The second-order valence-electron chi connectivity index (χ2n) is 4.41. The van der Waals surface area contributed by atoms with Gasteiger partial charge in [0.15, 0.2) is 0 Å². The number of aromatic nitrogens is 1. The summed E-state index contributed by atoms with van der Waals surface area (Å²) < 4.78 is 15.5. The van der Waals surface area contributed by atoms with Gasteiger partial charge in [-0.15, -0.1) is 0 Å². The Morgan fingerprint density at radius 2 is 2.31 bits per heavy atom. The van der Waals surface area contributed by atoms with Crippen molar-refractivity contribution in [1.82, 2.24) is 4.57 Å². The lowest BCUT2D eigenvalue weighted by atomic mass is 9.99. The molecule has 0 radical (unpaired) electrons. The molecule has 0 amide bonds. The van der Waals surface area contributed by atoms with Crippen LogP contribution in [0.15, 0.2) is 18.3 Å². The van der Waals surface area contributed by atoms with Crippen LogP contribution in [0.1, 0.15) is 30.5 Å². The van der Waals surface area contributed by atoms with Gasteiger partial charge in [-0.05, 0) is 37.5 Å². The van der Waals surface area contributed by atoms with Crippen molar-refractivity contribution in [3.63, 3.8) is 0 Å². The minimum Gasteiger partial charge on any atom is -0.343 e. The van der Waals surface area contributed by atoms with Crippen LogP contribution in [0.2, 0.25) is 0 Å². The molecule has 1 aromatic heterocycles. The number of rotatable bonds is 0. The third-order valence-corrected chi connectivity index (χ3v) is 3.40. The quantitative estimate of drug-likeness (QED) is 0.662. The molecule has 0 aliphatic carbocycles. The average molecular weight is 214 g/mol. The summed E-state index contributed by atoms with van der Waals surface area (Å²) in [5, 5.41) is 9.80. The van der Waals surface area contributed by atoms with Crippen LogP contribution in [0.3, 0.4) is 0 Å². The van der Waals surface area contributed by atoms with Crippen molar-refractivity contribution in [2.24, 2.45) is 0 Å². The van der Waals surface area contributed by atoms with E-state index in [1.807, 2.05) is 6.20 Å². The number of halogens is 1. The van der Waals surface area contributed by atoms with Crippen LogP contribution in [0.25, 0.3) is 10.9 Å². The third-order valence-electron chi connectivity index (χ3n) is 3.40. The molecule has 1 aromatic carbocycles. The van der Waals surface area contributed by atoms with Gasteiger partial charge in [-0.3, -0.25) is 0 Å². The van der Waals surface area contributed by atoms with Gasteiger partial charge in [-0.25, -0.2) is 4.39 Å². The Morgan fingerprint density at radius 1 is 1.50 bits per heavy atom. The van der Waals surface area contributed by atoms with Gasteiger partial charge in [-0.2, -0.15) is 5.26 Å². The van der Waals surface area contributed by atoms with E-state index in [1.54, 1.807) is 6.07 Å². The lowest BCUT2D eigenvalue weighted by Crippen LogP contribution is -2.11. The van der Waals surface area contributed by atoms with E-state index in [1.165, 1.54) is 6.07 Å². The minimum atomic E-state index is -0.244. The number of hydrogen-bond donors (Lipinski definition) is 0. The first kappa shape index (κ1) is 9.41. The van der Waals surface area contributed by atoms with Crippen LogP contribution in [-0.4, -0.2) is 4.57 Å². The Kier molecular flexibility index (Phi) is 1.81. The fraction of sp³-hybridized carbons (Fsp3) is 0.308. The van der Waals surface area contributed by atoms with Crippen molar-refractivity contribution in [3.8, 4) is 6.07 Å². The maximum Gasteiger partial charge on any atom is 0.124 e. The first-order valence-electron chi connectivity index (χ1n) is 5.44. The third kappa shape index (κ3) is 1.10. The monoisotopic (exact) mass is 214 g/mol. The molecule has 2 nitrogen and oxygen atoms in total. The standard InChI is InChI=1S/C13H11FN2/c1-8-2-3-9-4-11(14)5-12-10(6-15)7-16(8)13(9)12/h4-5,7-8H,2-3H2,1H3. The van der Waals surface area contributed by atoms with Gasteiger partial charge in [0.2, 0.25) is 0 Å². The van der Waals surface area contributed by atoms with E-state index in [4.69, 9.17) is 5.26 Å². The van der Waals surface area contributed by atoms with Crippen molar-refractivity contribution in [2.45, 2.75) is 25.8 Å². The Hall–Kier alpha value is -1.82. The second-order valence-corrected chi connectivity index (χ2v) is 4.41. The van der Waals surface area contributed by atoms with E-state index < -0.39 is 0 Å². The van der Waals surface area contributed by atoms with Gasteiger partial charge < -0.3 is 4.57 Å². The maximum absolute atomic E-state index is 13.4. The zero-order valence-corrected chi connectivity index (χ0v) is 9.00. The van der Waals surface area contributed by atoms with Gasteiger partial charge in [0.25, 0.3) is 0 Å². The summed E-state index contributed by atoms with van der Waals surface area (Å²) in [6.07, 6.45) is 3.74. The Labute approximate surface area is 92.9 Å². The topological polar surface area (TPSA) is 28.7 Å². The van der Waals surface area contributed by atoms with Gasteiger partial charge in [0.1, 0.15) is 11.9 Å². The van der Waals surface area contributed by atoms with E-state index in [2.05, 4.69) is 17.6 Å². The Bertz CT molecular complexity index is 619. The highest BCUT2D eigenvalue weighted by molar-refractivity contribution is 5.89. The molecule has 16 heavy (non-hydrogen) atoms. The molecule has 3 rings (SSSR count). The van der Waals surface area contributed by atoms with Crippen LogP contribution >= 0.6 is 0 Å². The summed E-state index contributed by atoms with van der Waals surface area (Å²) in [5.41, 5.74) is 2.64. The highest BCUT2D eigenvalue weighted by Crippen LogP contribution is 2.34. The molecule has 80 valence electrons. The maximum atomic E-state index is 13.4. The largest absolute Gasteiger partial charge is 0.343 e. The van der Waals surface area contributed by atoms with Crippen molar-refractivity contribution >= 4 is 10.9 Å². The molecule has 1 aliphatic rings. The van der Waals surface area contributed by atoms with Crippen LogP contribution in [0.4, 0.5) is 4.39 Å². The van der Waals surface area contributed by atoms with E-state index >= 15 is 0 Å². The zero-order valence-electron chi connectivity index (χ0n) is 9.00. The Balaban J connectivity index is 2.48. The summed E-state index contributed by atoms with van der Waals surface area (Å²) in [7, 11) is 0. The molecular weight excluding hydrogens is 203 g/mol. The fourth-order valence-electron chi connectivity index (χ4n) is 2.57. The van der Waals surface area contributed by atoms with Crippen LogP contribution in [-0.2, 0) is 6.42 Å². The van der Waals surface area contributed by atoms with Crippen LogP contribution in [0, 0.1) is 17.1 Å². The number of benzene rings is 1.